The van der Waals surface area contributed by atoms with E-state index in [-0.39, 0.29) is 6.04 Å². The maximum Gasteiger partial charge on any atom is 0.241 e. The second kappa shape index (κ2) is 7.38. The van der Waals surface area contributed by atoms with Gasteiger partial charge in [-0.15, -0.1) is 0 Å². The number of hydrogen-bond acceptors (Lipinski definition) is 3. The predicted molar refractivity (Wildman–Crippen MR) is 85.6 cm³/mol. The van der Waals surface area contributed by atoms with Crippen molar-refractivity contribution < 1.29 is 8.42 Å². The second-order valence-corrected chi connectivity index (χ2v) is 7.56. The molecule has 1 aromatic carbocycles. The Bertz CT molecular complexity index is 557. The van der Waals surface area contributed by atoms with Crippen LogP contribution in [0, 0.1) is 5.92 Å². The van der Waals surface area contributed by atoms with Gasteiger partial charge in [0.2, 0.25) is 10.0 Å². The van der Waals surface area contributed by atoms with Gasteiger partial charge in [0.25, 0.3) is 0 Å². The molecule has 1 aliphatic carbocycles. The Hall–Kier alpha value is -0.910. The molecule has 0 amide bonds. The Balaban J connectivity index is 2.18. The van der Waals surface area contributed by atoms with E-state index in [0.717, 1.165) is 31.4 Å². The smallest absolute Gasteiger partial charge is 0.241 e. The van der Waals surface area contributed by atoms with Crippen molar-refractivity contribution in [1.29, 1.82) is 0 Å². The van der Waals surface area contributed by atoms with Crippen molar-refractivity contribution >= 4 is 10.0 Å². The number of nitrogens with one attached hydrogen (secondary N) is 2. The summed E-state index contributed by atoms with van der Waals surface area (Å²) in [6, 6.07) is 7.31. The minimum atomic E-state index is -3.44. The summed E-state index contributed by atoms with van der Waals surface area (Å²) in [5, 5.41) is 3.20. The van der Waals surface area contributed by atoms with E-state index in [1.807, 2.05) is 19.1 Å². The van der Waals surface area contributed by atoms with Crippen LogP contribution in [-0.4, -0.2) is 21.0 Å². The van der Waals surface area contributed by atoms with E-state index >= 15 is 0 Å². The summed E-state index contributed by atoms with van der Waals surface area (Å²) >= 11 is 0. The molecule has 0 aromatic heterocycles. The number of sulfonamides is 1. The zero-order chi connectivity index (χ0) is 15.3. The van der Waals surface area contributed by atoms with Crippen molar-refractivity contribution in [2.45, 2.75) is 57.0 Å². The van der Waals surface area contributed by atoms with Crippen LogP contribution in [0.4, 0.5) is 0 Å². The molecule has 0 aliphatic heterocycles. The largest absolute Gasteiger partial charge is 0.313 e. The van der Waals surface area contributed by atoms with Gasteiger partial charge in [0.1, 0.15) is 0 Å². The molecule has 21 heavy (non-hydrogen) atoms. The number of hydrogen-bond donors (Lipinski definition) is 2. The van der Waals surface area contributed by atoms with Crippen LogP contribution in [-0.2, 0) is 16.6 Å². The van der Waals surface area contributed by atoms with Crippen LogP contribution >= 0.6 is 0 Å². The first kappa shape index (κ1) is 16.5. The molecule has 0 saturated heterocycles. The third-order valence-corrected chi connectivity index (χ3v) is 5.84. The average molecular weight is 310 g/mol. The number of rotatable bonds is 6. The van der Waals surface area contributed by atoms with Crippen LogP contribution < -0.4 is 10.0 Å². The van der Waals surface area contributed by atoms with Gasteiger partial charge in [0, 0.05) is 12.6 Å². The van der Waals surface area contributed by atoms with Gasteiger partial charge in [-0.3, -0.25) is 0 Å². The van der Waals surface area contributed by atoms with Crippen LogP contribution in [0.25, 0.3) is 0 Å². The first-order valence-corrected chi connectivity index (χ1v) is 9.34. The summed E-state index contributed by atoms with van der Waals surface area (Å²) in [4.78, 5) is 0.406. The molecule has 2 atom stereocenters. The van der Waals surface area contributed by atoms with Crippen molar-refractivity contribution in [1.82, 2.24) is 10.0 Å². The standard InChI is InChI=1S/C16H26N2O2S/c1-3-17-12-14-9-5-7-11-16(14)21(19,20)18-15-10-6-4-8-13(15)2/h5,7,9,11,13,15,17-18H,3-4,6,8,10,12H2,1-2H3. The van der Waals surface area contributed by atoms with Gasteiger partial charge < -0.3 is 5.32 Å². The molecule has 1 aliphatic rings. The minimum absolute atomic E-state index is 0.0657. The van der Waals surface area contributed by atoms with Crippen LogP contribution in [0.15, 0.2) is 29.2 Å². The maximum atomic E-state index is 12.7. The zero-order valence-corrected chi connectivity index (χ0v) is 13.7. The Labute approximate surface area is 128 Å². The highest BCUT2D eigenvalue weighted by Gasteiger charge is 2.27. The Morgan fingerprint density at radius 3 is 2.62 bits per heavy atom. The van der Waals surface area contributed by atoms with E-state index < -0.39 is 10.0 Å². The molecule has 2 unspecified atom stereocenters. The molecule has 2 rings (SSSR count). The lowest BCUT2D eigenvalue weighted by molar-refractivity contribution is 0.310. The molecule has 2 N–H and O–H groups in total. The highest BCUT2D eigenvalue weighted by Crippen LogP contribution is 2.26. The van der Waals surface area contributed by atoms with Crippen LogP contribution in [0.1, 0.15) is 45.1 Å². The normalized spacial score (nSPS) is 23.1. The fourth-order valence-electron chi connectivity index (χ4n) is 2.93. The predicted octanol–water partition coefficient (Wildman–Crippen LogP) is 2.65. The lowest BCUT2D eigenvalue weighted by Crippen LogP contribution is -2.41. The van der Waals surface area contributed by atoms with E-state index in [0.29, 0.717) is 17.4 Å². The van der Waals surface area contributed by atoms with Crippen molar-refractivity contribution in [2.75, 3.05) is 6.54 Å². The van der Waals surface area contributed by atoms with Crippen molar-refractivity contribution in [2.24, 2.45) is 5.92 Å². The summed E-state index contributed by atoms with van der Waals surface area (Å²) in [5.74, 6) is 0.412. The first-order valence-electron chi connectivity index (χ1n) is 7.85. The van der Waals surface area contributed by atoms with Gasteiger partial charge in [-0.2, -0.15) is 0 Å². The van der Waals surface area contributed by atoms with Gasteiger partial charge in [0.15, 0.2) is 0 Å². The molecule has 0 spiro atoms. The van der Waals surface area contributed by atoms with Crippen molar-refractivity contribution in [3.8, 4) is 0 Å². The van der Waals surface area contributed by atoms with E-state index in [1.54, 1.807) is 12.1 Å². The molecule has 118 valence electrons. The summed E-state index contributed by atoms with van der Waals surface area (Å²) < 4.78 is 28.3. The Morgan fingerprint density at radius 1 is 1.19 bits per heavy atom. The molecule has 1 aromatic rings. The van der Waals surface area contributed by atoms with Gasteiger partial charge in [-0.1, -0.05) is 44.9 Å². The van der Waals surface area contributed by atoms with Crippen LogP contribution in [0.3, 0.4) is 0 Å². The molecular formula is C16H26N2O2S. The van der Waals surface area contributed by atoms with E-state index in [2.05, 4.69) is 17.0 Å². The van der Waals surface area contributed by atoms with Crippen molar-refractivity contribution in [3.05, 3.63) is 29.8 Å². The third-order valence-electron chi connectivity index (χ3n) is 4.25. The fraction of sp³-hybridized carbons (Fsp3) is 0.625. The zero-order valence-electron chi connectivity index (χ0n) is 12.9. The molecule has 5 heteroatoms. The quantitative estimate of drug-likeness (QED) is 0.849. The number of benzene rings is 1. The Morgan fingerprint density at radius 2 is 1.90 bits per heavy atom. The second-order valence-electron chi connectivity index (χ2n) is 5.88. The molecule has 4 nitrogen and oxygen atoms in total. The lowest BCUT2D eigenvalue weighted by atomic mass is 9.87. The van der Waals surface area contributed by atoms with E-state index in [4.69, 9.17) is 0 Å². The maximum absolute atomic E-state index is 12.7. The summed E-state index contributed by atoms with van der Waals surface area (Å²) in [7, 11) is -3.44. The highest BCUT2D eigenvalue weighted by atomic mass is 32.2. The SMILES string of the molecule is CCNCc1ccccc1S(=O)(=O)NC1CCCCC1C. The fourth-order valence-corrected chi connectivity index (χ4v) is 4.54. The van der Waals surface area contributed by atoms with Gasteiger partial charge in [0.05, 0.1) is 4.90 Å². The Kier molecular flexibility index (Phi) is 5.79. The van der Waals surface area contributed by atoms with Crippen LogP contribution in [0.5, 0.6) is 0 Å². The van der Waals surface area contributed by atoms with Gasteiger partial charge in [-0.25, -0.2) is 13.1 Å². The summed E-state index contributed by atoms with van der Waals surface area (Å²) in [5.41, 5.74) is 0.829. The monoisotopic (exact) mass is 310 g/mol. The lowest BCUT2D eigenvalue weighted by Gasteiger charge is -2.29. The van der Waals surface area contributed by atoms with E-state index in [9.17, 15) is 8.42 Å². The highest BCUT2D eigenvalue weighted by molar-refractivity contribution is 7.89. The van der Waals surface area contributed by atoms with Gasteiger partial charge >= 0.3 is 0 Å². The summed E-state index contributed by atoms with van der Waals surface area (Å²) in [6.07, 6.45) is 4.36. The van der Waals surface area contributed by atoms with Crippen molar-refractivity contribution in [3.63, 3.8) is 0 Å². The summed E-state index contributed by atoms with van der Waals surface area (Å²) in [6.45, 7) is 5.55. The first-order chi connectivity index (χ1) is 10.0. The topological polar surface area (TPSA) is 58.2 Å². The third kappa shape index (κ3) is 4.28. The van der Waals surface area contributed by atoms with Gasteiger partial charge in [-0.05, 0) is 36.9 Å². The molecular weight excluding hydrogens is 284 g/mol. The average Bonchev–Trinajstić information content (AvgIpc) is 2.47. The molecule has 1 fully saturated rings. The van der Waals surface area contributed by atoms with E-state index in [1.165, 1.54) is 6.42 Å². The van der Waals surface area contributed by atoms with Crippen LogP contribution in [0.2, 0.25) is 0 Å². The molecule has 1 saturated carbocycles. The molecule has 0 radical (unpaired) electrons. The minimum Gasteiger partial charge on any atom is -0.313 e. The molecule has 0 bridgehead atoms. The molecule has 0 heterocycles.